The Hall–Kier alpha value is -2.54. The van der Waals surface area contributed by atoms with Crippen LogP contribution in [0.5, 0.6) is 0 Å². The van der Waals surface area contributed by atoms with Crippen LogP contribution in [0.2, 0.25) is 0 Å². The van der Waals surface area contributed by atoms with Gasteiger partial charge >= 0.3 is 0 Å². The van der Waals surface area contributed by atoms with Crippen molar-refractivity contribution in [3.8, 4) is 0 Å². The van der Waals surface area contributed by atoms with Gasteiger partial charge in [-0.05, 0) is 37.9 Å². The van der Waals surface area contributed by atoms with Crippen molar-refractivity contribution in [2.75, 3.05) is 19.6 Å². The van der Waals surface area contributed by atoms with Crippen LogP contribution in [0.15, 0.2) is 28.8 Å². The topological polar surface area (TPSA) is 88.3 Å². The fraction of sp³-hybridized carbons (Fsp3) is 0.444. The van der Waals surface area contributed by atoms with Crippen molar-refractivity contribution in [2.45, 2.75) is 31.6 Å². The fourth-order valence-corrected chi connectivity index (χ4v) is 3.43. The summed E-state index contributed by atoms with van der Waals surface area (Å²) in [6, 6.07) is 6.93. The normalized spacial score (nSPS) is 20.2. The van der Waals surface area contributed by atoms with Gasteiger partial charge in [-0.25, -0.2) is 0 Å². The molecular weight excluding hydrogens is 320 g/mol. The lowest BCUT2D eigenvalue weighted by Gasteiger charge is -2.18. The summed E-state index contributed by atoms with van der Waals surface area (Å²) in [7, 11) is 0. The molecule has 2 aromatic rings. The Bertz CT molecular complexity index is 760. The number of carbonyl (C=O) groups excluding carboxylic acids is 2. The maximum absolute atomic E-state index is 12.3. The Morgan fingerprint density at radius 3 is 2.64 bits per heavy atom. The lowest BCUT2D eigenvalue weighted by Crippen LogP contribution is -2.31. The van der Waals surface area contributed by atoms with E-state index in [9.17, 15) is 9.59 Å². The fourth-order valence-electron chi connectivity index (χ4n) is 3.43. The maximum Gasteiger partial charge on any atom is 0.261 e. The van der Waals surface area contributed by atoms with Gasteiger partial charge in [0, 0.05) is 19.5 Å². The molecule has 1 N–H and O–H groups in total. The summed E-state index contributed by atoms with van der Waals surface area (Å²) >= 11 is 0. The third-order valence-corrected chi connectivity index (χ3v) is 4.79. The first-order chi connectivity index (χ1) is 12.2. The molecule has 0 aliphatic carbocycles. The molecule has 7 nitrogen and oxygen atoms in total. The van der Waals surface area contributed by atoms with Crippen LogP contribution in [0.4, 0.5) is 0 Å². The lowest BCUT2D eigenvalue weighted by atomic mass is 10.00. The highest BCUT2D eigenvalue weighted by atomic mass is 16.5. The largest absolute Gasteiger partial charge is 0.339 e. The van der Waals surface area contributed by atoms with E-state index in [0.717, 1.165) is 25.9 Å². The monoisotopic (exact) mass is 340 g/mol. The van der Waals surface area contributed by atoms with Gasteiger partial charge in [0.15, 0.2) is 5.82 Å². The van der Waals surface area contributed by atoms with Gasteiger partial charge in [0.1, 0.15) is 0 Å². The summed E-state index contributed by atoms with van der Waals surface area (Å²) in [4.78, 5) is 30.4. The minimum atomic E-state index is -0.220. The highest BCUT2D eigenvalue weighted by Gasteiger charge is 2.34. The van der Waals surface area contributed by atoms with Crippen LogP contribution < -0.4 is 5.32 Å². The Kier molecular flexibility index (Phi) is 4.31. The number of aryl methyl sites for hydroxylation is 1. The van der Waals surface area contributed by atoms with Crippen molar-refractivity contribution in [1.29, 1.82) is 0 Å². The number of imide groups is 1. The van der Waals surface area contributed by atoms with Gasteiger partial charge in [-0.3, -0.25) is 14.5 Å². The summed E-state index contributed by atoms with van der Waals surface area (Å²) in [6.45, 7) is 2.27. The quantitative estimate of drug-likeness (QED) is 0.835. The van der Waals surface area contributed by atoms with Gasteiger partial charge in [0.25, 0.3) is 11.8 Å². The van der Waals surface area contributed by atoms with Gasteiger partial charge in [0.05, 0.1) is 17.0 Å². The van der Waals surface area contributed by atoms with Crippen LogP contribution in [0.3, 0.4) is 0 Å². The number of hydrogen-bond acceptors (Lipinski definition) is 6. The van der Waals surface area contributed by atoms with Crippen LogP contribution in [0, 0.1) is 0 Å². The lowest BCUT2D eigenvalue weighted by molar-refractivity contribution is 0.0652. The second kappa shape index (κ2) is 6.76. The first-order valence-corrected chi connectivity index (χ1v) is 8.72. The van der Waals surface area contributed by atoms with Gasteiger partial charge in [-0.15, -0.1) is 0 Å². The molecule has 0 radical (unpaired) electrons. The number of rotatable bonds is 5. The van der Waals surface area contributed by atoms with Crippen LogP contribution in [0.25, 0.3) is 0 Å². The zero-order chi connectivity index (χ0) is 17.2. The molecule has 1 saturated heterocycles. The van der Waals surface area contributed by atoms with Gasteiger partial charge in [-0.2, -0.15) is 4.98 Å². The number of nitrogens with zero attached hydrogens (tertiary/aromatic N) is 3. The number of benzene rings is 1. The number of amides is 2. The minimum Gasteiger partial charge on any atom is -0.339 e. The molecule has 2 amide bonds. The number of nitrogens with one attached hydrogen (secondary N) is 1. The summed E-state index contributed by atoms with van der Waals surface area (Å²) in [5.74, 6) is 1.16. The third kappa shape index (κ3) is 3.07. The van der Waals surface area contributed by atoms with E-state index < -0.39 is 0 Å². The molecule has 7 heteroatoms. The molecule has 1 fully saturated rings. The predicted octanol–water partition coefficient (Wildman–Crippen LogP) is 1.77. The Morgan fingerprint density at radius 2 is 1.96 bits per heavy atom. The Morgan fingerprint density at radius 1 is 1.20 bits per heavy atom. The van der Waals surface area contributed by atoms with Gasteiger partial charge < -0.3 is 9.84 Å². The molecule has 0 spiro atoms. The second-order valence-electron chi connectivity index (χ2n) is 6.50. The van der Waals surface area contributed by atoms with Crippen molar-refractivity contribution < 1.29 is 14.1 Å². The number of piperidine rings is 1. The molecule has 0 unspecified atom stereocenters. The number of aromatic nitrogens is 2. The van der Waals surface area contributed by atoms with Crippen LogP contribution in [-0.2, 0) is 6.42 Å². The SMILES string of the molecule is O=C1c2ccccc2C(=O)N1CCCc1noc([C@H]2CCCNC2)n1. The molecule has 3 heterocycles. The van der Waals surface area contributed by atoms with Crippen molar-refractivity contribution >= 4 is 11.8 Å². The van der Waals surface area contributed by atoms with Crippen LogP contribution in [0.1, 0.15) is 57.6 Å². The molecule has 2 aliphatic heterocycles. The summed E-state index contributed by atoms with van der Waals surface area (Å²) in [6.07, 6.45) is 3.37. The highest BCUT2D eigenvalue weighted by Crippen LogP contribution is 2.23. The number of fused-ring (bicyclic) bond motifs is 1. The van der Waals surface area contributed by atoms with E-state index in [2.05, 4.69) is 15.5 Å². The maximum atomic E-state index is 12.3. The summed E-state index contributed by atoms with van der Waals surface area (Å²) in [5, 5.41) is 7.36. The Balaban J connectivity index is 1.33. The van der Waals surface area contributed by atoms with Crippen molar-refractivity contribution in [2.24, 2.45) is 0 Å². The van der Waals surface area contributed by atoms with E-state index in [1.807, 2.05) is 0 Å². The van der Waals surface area contributed by atoms with Crippen molar-refractivity contribution in [1.82, 2.24) is 20.4 Å². The zero-order valence-electron chi connectivity index (χ0n) is 13.9. The van der Waals surface area contributed by atoms with Crippen LogP contribution >= 0.6 is 0 Å². The zero-order valence-corrected chi connectivity index (χ0v) is 13.9. The van der Waals surface area contributed by atoms with Crippen molar-refractivity contribution in [3.05, 3.63) is 47.1 Å². The van der Waals surface area contributed by atoms with E-state index in [-0.39, 0.29) is 17.7 Å². The second-order valence-corrected chi connectivity index (χ2v) is 6.50. The number of carbonyl (C=O) groups is 2. The van der Waals surface area contributed by atoms with E-state index in [1.54, 1.807) is 24.3 Å². The molecule has 25 heavy (non-hydrogen) atoms. The molecule has 130 valence electrons. The summed E-state index contributed by atoms with van der Waals surface area (Å²) in [5.41, 5.74) is 0.971. The van der Waals surface area contributed by atoms with E-state index in [1.165, 1.54) is 4.90 Å². The van der Waals surface area contributed by atoms with Crippen LogP contribution in [-0.4, -0.2) is 46.5 Å². The minimum absolute atomic E-state index is 0.220. The standard InChI is InChI=1S/C18H20N4O3/c23-17-13-6-1-2-7-14(13)18(24)22(17)10-4-8-15-20-16(25-21-15)12-5-3-9-19-11-12/h1-2,6-7,12,19H,3-5,8-11H2/t12-/m0/s1. The predicted molar refractivity (Wildman–Crippen MR) is 89.3 cm³/mol. The molecule has 1 aromatic carbocycles. The molecule has 1 aromatic heterocycles. The van der Waals surface area contributed by atoms with E-state index >= 15 is 0 Å². The smallest absolute Gasteiger partial charge is 0.261 e. The van der Waals surface area contributed by atoms with E-state index in [0.29, 0.717) is 42.2 Å². The molecule has 1 atom stereocenters. The van der Waals surface area contributed by atoms with Crippen molar-refractivity contribution in [3.63, 3.8) is 0 Å². The molecule has 4 rings (SSSR count). The third-order valence-electron chi connectivity index (χ3n) is 4.79. The first-order valence-electron chi connectivity index (χ1n) is 8.72. The highest BCUT2D eigenvalue weighted by molar-refractivity contribution is 6.21. The number of hydrogen-bond donors (Lipinski definition) is 1. The molecule has 0 saturated carbocycles. The van der Waals surface area contributed by atoms with E-state index in [4.69, 9.17) is 4.52 Å². The average molecular weight is 340 g/mol. The molecule has 0 bridgehead atoms. The summed E-state index contributed by atoms with van der Waals surface area (Å²) < 4.78 is 5.37. The molecule has 2 aliphatic rings. The molecular formula is C18H20N4O3. The van der Waals surface area contributed by atoms with Gasteiger partial charge in [0.2, 0.25) is 5.89 Å². The Labute approximate surface area is 145 Å². The van der Waals surface area contributed by atoms with Gasteiger partial charge in [-0.1, -0.05) is 17.3 Å². The average Bonchev–Trinajstić information content (AvgIpc) is 3.22. The first kappa shape index (κ1) is 16.0.